The molecule has 0 aliphatic carbocycles. The van der Waals surface area contributed by atoms with Gasteiger partial charge in [0.1, 0.15) is 0 Å². The van der Waals surface area contributed by atoms with Gasteiger partial charge in [0.2, 0.25) is 10.0 Å². The van der Waals surface area contributed by atoms with Gasteiger partial charge in [-0.25, -0.2) is 13.1 Å². The molecule has 0 spiro atoms. The molecule has 0 atom stereocenters. The lowest BCUT2D eigenvalue weighted by molar-refractivity contribution is 0.281. The van der Waals surface area contributed by atoms with Crippen molar-refractivity contribution in [2.24, 2.45) is 5.92 Å². The lowest BCUT2D eigenvalue weighted by Gasteiger charge is -2.11. The number of nitrogens with one attached hydrogen (secondary N) is 1. The van der Waals surface area contributed by atoms with Crippen LogP contribution in [-0.2, 0) is 16.6 Å². The molecule has 0 bridgehead atoms. The van der Waals surface area contributed by atoms with Gasteiger partial charge in [-0.2, -0.15) is 0 Å². The minimum atomic E-state index is -3.48. The average molecular weight is 285 g/mol. The smallest absolute Gasteiger partial charge is 0.240 e. The van der Waals surface area contributed by atoms with E-state index in [1.165, 1.54) is 6.07 Å². The van der Waals surface area contributed by atoms with Crippen molar-refractivity contribution in [1.29, 1.82) is 0 Å². The molecule has 0 fully saturated rings. The van der Waals surface area contributed by atoms with Gasteiger partial charge in [-0.1, -0.05) is 26.0 Å². The van der Waals surface area contributed by atoms with Crippen LogP contribution in [0.3, 0.4) is 0 Å². The number of rotatable bonds is 7. The zero-order valence-electron chi connectivity index (χ0n) is 11.8. The van der Waals surface area contributed by atoms with Crippen molar-refractivity contribution in [1.82, 2.24) is 4.72 Å². The Balaban J connectivity index is 2.77. The van der Waals surface area contributed by atoms with Gasteiger partial charge >= 0.3 is 0 Å². The molecule has 0 saturated carbocycles. The third-order valence-electron chi connectivity index (χ3n) is 2.97. The molecule has 1 rings (SSSR count). The van der Waals surface area contributed by atoms with Gasteiger partial charge in [-0.05, 0) is 42.9 Å². The predicted octanol–water partition coefficient (Wildman–Crippen LogP) is 2.20. The fourth-order valence-corrected chi connectivity index (χ4v) is 3.19. The Kier molecular flexibility index (Phi) is 5.97. The van der Waals surface area contributed by atoms with Crippen molar-refractivity contribution in [2.45, 2.75) is 45.1 Å². The summed E-state index contributed by atoms with van der Waals surface area (Å²) in [6.45, 7) is 6.27. The second-order valence-electron chi connectivity index (χ2n) is 5.19. The van der Waals surface area contributed by atoms with Crippen molar-refractivity contribution >= 4 is 10.0 Å². The lowest BCUT2D eigenvalue weighted by Crippen LogP contribution is -2.25. The summed E-state index contributed by atoms with van der Waals surface area (Å²) in [4.78, 5) is 0.253. The zero-order chi connectivity index (χ0) is 14.5. The number of aliphatic hydroxyl groups is 1. The molecule has 0 unspecified atom stereocenters. The summed E-state index contributed by atoms with van der Waals surface area (Å²) in [5.41, 5.74) is 1.29. The number of benzene rings is 1. The average Bonchev–Trinajstić information content (AvgIpc) is 2.35. The molecular formula is C14H23NO3S. The largest absolute Gasteiger partial charge is 0.392 e. The topological polar surface area (TPSA) is 66.4 Å². The summed E-state index contributed by atoms with van der Waals surface area (Å²) in [5.74, 6) is 0.573. The highest BCUT2D eigenvalue weighted by Crippen LogP contribution is 2.17. The quantitative estimate of drug-likeness (QED) is 0.755. The second-order valence-corrected chi connectivity index (χ2v) is 6.93. The first-order valence-corrected chi connectivity index (χ1v) is 8.05. The van der Waals surface area contributed by atoms with E-state index in [0.717, 1.165) is 12.8 Å². The van der Waals surface area contributed by atoms with Crippen molar-refractivity contribution in [3.05, 3.63) is 29.3 Å². The highest BCUT2D eigenvalue weighted by atomic mass is 32.2. The molecule has 108 valence electrons. The van der Waals surface area contributed by atoms with Crippen molar-refractivity contribution < 1.29 is 13.5 Å². The fourth-order valence-electron chi connectivity index (χ4n) is 1.83. The molecule has 0 heterocycles. The second kappa shape index (κ2) is 7.03. The van der Waals surface area contributed by atoms with E-state index in [1.54, 1.807) is 19.1 Å². The predicted molar refractivity (Wildman–Crippen MR) is 76.4 cm³/mol. The molecular weight excluding hydrogens is 262 g/mol. The molecule has 0 aliphatic rings. The summed E-state index contributed by atoms with van der Waals surface area (Å²) in [6.07, 6.45) is 1.83. The molecule has 19 heavy (non-hydrogen) atoms. The molecule has 0 aromatic heterocycles. The number of sulfonamides is 1. The first kappa shape index (κ1) is 16.1. The van der Waals surface area contributed by atoms with Crippen LogP contribution in [-0.4, -0.2) is 20.1 Å². The van der Waals surface area contributed by atoms with Crippen LogP contribution < -0.4 is 4.72 Å². The number of hydrogen-bond acceptors (Lipinski definition) is 3. The van der Waals surface area contributed by atoms with Crippen LogP contribution in [0.2, 0.25) is 0 Å². The Morgan fingerprint density at radius 1 is 1.32 bits per heavy atom. The third-order valence-corrected chi connectivity index (χ3v) is 4.58. The number of hydrogen-bond donors (Lipinski definition) is 2. The molecule has 1 aromatic rings. The summed E-state index contributed by atoms with van der Waals surface area (Å²) in [6, 6.07) is 4.97. The molecule has 4 nitrogen and oxygen atoms in total. The summed E-state index contributed by atoms with van der Waals surface area (Å²) in [5, 5.41) is 9.08. The van der Waals surface area contributed by atoms with E-state index < -0.39 is 10.0 Å². The van der Waals surface area contributed by atoms with Crippen molar-refractivity contribution in [3.8, 4) is 0 Å². The van der Waals surface area contributed by atoms with Gasteiger partial charge in [0.15, 0.2) is 0 Å². The lowest BCUT2D eigenvalue weighted by atomic mass is 10.1. The van der Waals surface area contributed by atoms with Crippen LogP contribution in [0.5, 0.6) is 0 Å². The molecule has 0 saturated heterocycles. The van der Waals surface area contributed by atoms with Crippen LogP contribution in [0.1, 0.15) is 37.8 Å². The Bertz CT molecular complexity index is 509. The van der Waals surface area contributed by atoms with E-state index in [0.29, 0.717) is 23.6 Å². The number of aliphatic hydroxyl groups excluding tert-OH is 1. The Morgan fingerprint density at radius 3 is 2.58 bits per heavy atom. The third kappa shape index (κ3) is 4.93. The van der Waals surface area contributed by atoms with E-state index in [4.69, 9.17) is 5.11 Å². The van der Waals surface area contributed by atoms with Gasteiger partial charge < -0.3 is 5.11 Å². The Hall–Kier alpha value is -0.910. The van der Waals surface area contributed by atoms with E-state index in [-0.39, 0.29) is 11.5 Å². The minimum absolute atomic E-state index is 0.157. The highest BCUT2D eigenvalue weighted by Gasteiger charge is 2.16. The first-order valence-electron chi connectivity index (χ1n) is 6.57. The normalized spacial score (nSPS) is 12.1. The highest BCUT2D eigenvalue weighted by molar-refractivity contribution is 7.89. The van der Waals surface area contributed by atoms with Gasteiger partial charge in [-0.15, -0.1) is 0 Å². The van der Waals surface area contributed by atoms with Crippen LogP contribution in [0.25, 0.3) is 0 Å². The summed E-state index contributed by atoms with van der Waals surface area (Å²) in [7, 11) is -3.48. The van der Waals surface area contributed by atoms with Crippen LogP contribution in [0.4, 0.5) is 0 Å². The fraction of sp³-hybridized carbons (Fsp3) is 0.571. The van der Waals surface area contributed by atoms with Crippen molar-refractivity contribution in [2.75, 3.05) is 6.54 Å². The SMILES string of the molecule is Cc1ccc(CO)cc1S(=O)(=O)NCCCC(C)C. The van der Waals surface area contributed by atoms with E-state index in [1.807, 2.05) is 0 Å². The summed E-state index contributed by atoms with van der Waals surface area (Å²) >= 11 is 0. The van der Waals surface area contributed by atoms with Crippen LogP contribution >= 0.6 is 0 Å². The maximum Gasteiger partial charge on any atom is 0.240 e. The maximum atomic E-state index is 12.2. The molecule has 0 amide bonds. The molecule has 5 heteroatoms. The molecule has 1 aromatic carbocycles. The van der Waals surface area contributed by atoms with Crippen molar-refractivity contribution in [3.63, 3.8) is 0 Å². The van der Waals surface area contributed by atoms with E-state index >= 15 is 0 Å². The molecule has 0 aliphatic heterocycles. The maximum absolute atomic E-state index is 12.2. The molecule has 0 radical (unpaired) electrons. The molecule has 2 N–H and O–H groups in total. The Morgan fingerprint density at radius 2 is 2.00 bits per heavy atom. The summed E-state index contributed by atoms with van der Waals surface area (Å²) < 4.78 is 27.0. The zero-order valence-corrected chi connectivity index (χ0v) is 12.6. The van der Waals surface area contributed by atoms with Gasteiger partial charge in [0, 0.05) is 6.54 Å². The van der Waals surface area contributed by atoms with Gasteiger partial charge in [0.25, 0.3) is 0 Å². The monoisotopic (exact) mass is 285 g/mol. The van der Waals surface area contributed by atoms with Crippen LogP contribution in [0.15, 0.2) is 23.1 Å². The van der Waals surface area contributed by atoms with Gasteiger partial charge in [0.05, 0.1) is 11.5 Å². The number of aryl methyl sites for hydroxylation is 1. The van der Waals surface area contributed by atoms with E-state index in [2.05, 4.69) is 18.6 Å². The first-order chi connectivity index (χ1) is 8.86. The van der Waals surface area contributed by atoms with Gasteiger partial charge in [-0.3, -0.25) is 0 Å². The standard InChI is InChI=1S/C14H23NO3S/c1-11(2)5-4-8-15-19(17,18)14-9-13(10-16)7-6-12(14)3/h6-7,9,11,15-16H,4-5,8,10H2,1-3H3. The van der Waals surface area contributed by atoms with Crippen LogP contribution in [0, 0.1) is 12.8 Å². The Labute approximate surface area is 115 Å². The van der Waals surface area contributed by atoms with E-state index in [9.17, 15) is 8.42 Å². The minimum Gasteiger partial charge on any atom is -0.392 e.